The number of aliphatic hydroxyl groups is 1. The number of rotatable bonds is 2. The average Bonchev–Trinajstić information content (AvgIpc) is 2.27. The van der Waals surface area contributed by atoms with Crippen molar-refractivity contribution in [1.29, 1.82) is 0 Å². The Labute approximate surface area is 114 Å². The summed E-state index contributed by atoms with van der Waals surface area (Å²) in [6.45, 7) is 1.84. The normalized spacial score (nSPS) is 33.6. The van der Waals surface area contributed by atoms with Gasteiger partial charge in [-0.15, -0.1) is 0 Å². The van der Waals surface area contributed by atoms with Crippen molar-refractivity contribution in [3.8, 4) is 0 Å². The van der Waals surface area contributed by atoms with Crippen LogP contribution in [0.2, 0.25) is 0 Å². The lowest BCUT2D eigenvalue weighted by molar-refractivity contribution is -0.129. The highest BCUT2D eigenvalue weighted by Gasteiger charge is 2.36. The third kappa shape index (κ3) is 3.39. The summed E-state index contributed by atoms with van der Waals surface area (Å²) in [5.74, 6) is -0.248. The van der Waals surface area contributed by atoms with Crippen LogP contribution in [0.3, 0.4) is 0 Å². The van der Waals surface area contributed by atoms with E-state index in [1.54, 1.807) is 12.1 Å². The van der Waals surface area contributed by atoms with Gasteiger partial charge in [0.05, 0.1) is 17.8 Å². The van der Waals surface area contributed by atoms with Crippen molar-refractivity contribution >= 4 is 22.6 Å². The van der Waals surface area contributed by atoms with Crippen LogP contribution >= 0.6 is 22.6 Å². The first kappa shape index (κ1) is 13.2. The van der Waals surface area contributed by atoms with Crippen LogP contribution in [0.1, 0.15) is 31.4 Å². The number of hydrogen-bond acceptors (Lipinski definition) is 2. The van der Waals surface area contributed by atoms with Gasteiger partial charge < -0.3 is 9.84 Å². The Morgan fingerprint density at radius 2 is 2.06 bits per heavy atom. The predicted octanol–water partition coefficient (Wildman–Crippen LogP) is 3.23. The van der Waals surface area contributed by atoms with Crippen molar-refractivity contribution in [2.24, 2.45) is 0 Å². The molecule has 1 aromatic rings. The first-order valence-electron chi connectivity index (χ1n) is 5.69. The SMILES string of the molecule is C[C@]1(O)C[C@@H](CI)O[C@@H](c2ccc(F)cc2)C1. The van der Waals surface area contributed by atoms with Crippen molar-refractivity contribution in [3.05, 3.63) is 35.6 Å². The molecule has 0 spiro atoms. The van der Waals surface area contributed by atoms with E-state index in [0.29, 0.717) is 12.8 Å². The first-order chi connectivity index (χ1) is 8.00. The number of benzene rings is 1. The lowest BCUT2D eigenvalue weighted by Gasteiger charge is -2.39. The topological polar surface area (TPSA) is 29.5 Å². The lowest BCUT2D eigenvalue weighted by atomic mass is 9.87. The third-order valence-corrected chi connectivity index (χ3v) is 4.05. The summed E-state index contributed by atoms with van der Waals surface area (Å²) in [4.78, 5) is 0. The van der Waals surface area contributed by atoms with Crippen molar-refractivity contribution in [2.75, 3.05) is 4.43 Å². The zero-order valence-corrected chi connectivity index (χ0v) is 11.9. The van der Waals surface area contributed by atoms with Gasteiger partial charge >= 0.3 is 0 Å². The molecule has 2 nitrogen and oxygen atoms in total. The largest absolute Gasteiger partial charge is 0.390 e. The van der Waals surface area contributed by atoms with E-state index in [2.05, 4.69) is 22.6 Å². The molecule has 4 heteroatoms. The van der Waals surface area contributed by atoms with Crippen molar-refractivity contribution in [3.63, 3.8) is 0 Å². The Kier molecular flexibility index (Phi) is 4.05. The van der Waals surface area contributed by atoms with Crippen LogP contribution in [0.4, 0.5) is 4.39 Å². The molecular weight excluding hydrogens is 334 g/mol. The summed E-state index contributed by atoms with van der Waals surface area (Å²) >= 11 is 2.26. The Morgan fingerprint density at radius 3 is 2.65 bits per heavy atom. The fourth-order valence-corrected chi connectivity index (χ4v) is 2.79. The summed E-state index contributed by atoms with van der Waals surface area (Å²) in [5.41, 5.74) is 0.230. The molecule has 1 aliphatic heterocycles. The molecule has 0 bridgehead atoms. The van der Waals surface area contributed by atoms with E-state index in [4.69, 9.17) is 4.74 Å². The van der Waals surface area contributed by atoms with E-state index in [0.717, 1.165) is 9.99 Å². The molecule has 0 aliphatic carbocycles. The van der Waals surface area contributed by atoms with Gasteiger partial charge in [0.25, 0.3) is 0 Å². The minimum absolute atomic E-state index is 0.0643. The maximum atomic E-state index is 12.9. The molecular formula is C13H16FIO2. The van der Waals surface area contributed by atoms with Crippen LogP contribution in [-0.2, 0) is 4.74 Å². The summed E-state index contributed by atoms with van der Waals surface area (Å²) in [7, 11) is 0. The van der Waals surface area contributed by atoms with Crippen LogP contribution in [0, 0.1) is 5.82 Å². The second kappa shape index (κ2) is 5.20. The minimum atomic E-state index is -0.701. The third-order valence-electron chi connectivity index (χ3n) is 3.06. The van der Waals surface area contributed by atoms with Gasteiger partial charge in [-0.25, -0.2) is 4.39 Å². The van der Waals surface area contributed by atoms with E-state index >= 15 is 0 Å². The van der Waals surface area contributed by atoms with Gasteiger partial charge in [-0.3, -0.25) is 0 Å². The molecule has 0 amide bonds. The molecule has 1 aliphatic rings. The van der Waals surface area contributed by atoms with Gasteiger partial charge in [0.2, 0.25) is 0 Å². The van der Waals surface area contributed by atoms with Gasteiger partial charge in [-0.1, -0.05) is 34.7 Å². The summed E-state index contributed by atoms with van der Waals surface area (Å²) in [6.07, 6.45) is 1.15. The molecule has 1 N–H and O–H groups in total. The van der Waals surface area contributed by atoms with E-state index in [9.17, 15) is 9.50 Å². The molecule has 3 atom stereocenters. The van der Waals surface area contributed by atoms with E-state index in [1.807, 2.05) is 6.92 Å². The van der Waals surface area contributed by atoms with E-state index in [1.165, 1.54) is 12.1 Å². The number of halogens is 2. The predicted molar refractivity (Wildman–Crippen MR) is 72.8 cm³/mol. The van der Waals surface area contributed by atoms with E-state index in [-0.39, 0.29) is 18.0 Å². The lowest BCUT2D eigenvalue weighted by Crippen LogP contribution is -2.40. The Bertz CT molecular complexity index is 378. The molecule has 0 unspecified atom stereocenters. The minimum Gasteiger partial charge on any atom is -0.390 e. The van der Waals surface area contributed by atoms with E-state index < -0.39 is 5.60 Å². The second-order valence-electron chi connectivity index (χ2n) is 4.86. The van der Waals surface area contributed by atoms with Gasteiger partial charge in [-0.05, 0) is 24.6 Å². The fraction of sp³-hybridized carbons (Fsp3) is 0.538. The van der Waals surface area contributed by atoms with Crippen LogP contribution in [0.15, 0.2) is 24.3 Å². The summed E-state index contributed by atoms with van der Waals surface area (Å²) in [6, 6.07) is 6.32. The van der Waals surface area contributed by atoms with Crippen molar-refractivity contribution < 1.29 is 14.2 Å². The maximum Gasteiger partial charge on any atom is 0.123 e. The molecule has 1 aromatic carbocycles. The fourth-order valence-electron chi connectivity index (χ4n) is 2.27. The van der Waals surface area contributed by atoms with Crippen LogP contribution in [0.5, 0.6) is 0 Å². The highest BCUT2D eigenvalue weighted by atomic mass is 127. The summed E-state index contributed by atoms with van der Waals surface area (Å²) < 4.78 is 19.6. The highest BCUT2D eigenvalue weighted by Crippen LogP contribution is 2.37. The van der Waals surface area contributed by atoms with Gasteiger partial charge in [0, 0.05) is 17.3 Å². The molecule has 94 valence electrons. The second-order valence-corrected chi connectivity index (χ2v) is 5.74. The van der Waals surface area contributed by atoms with Gasteiger partial charge in [0.1, 0.15) is 5.82 Å². The molecule has 0 aromatic heterocycles. The quantitative estimate of drug-likeness (QED) is 0.656. The molecule has 1 fully saturated rings. The number of hydrogen-bond donors (Lipinski definition) is 1. The van der Waals surface area contributed by atoms with Gasteiger partial charge in [0.15, 0.2) is 0 Å². The standard InChI is InChI=1S/C13H16FIO2/c1-13(16)6-11(8-15)17-12(7-13)9-2-4-10(14)5-3-9/h2-5,11-12,16H,6-8H2,1H3/t11-,12+,13-/m0/s1. The average molecular weight is 350 g/mol. The van der Waals surface area contributed by atoms with Crippen LogP contribution in [0.25, 0.3) is 0 Å². The number of ether oxygens (including phenoxy) is 1. The molecule has 0 saturated carbocycles. The molecule has 1 heterocycles. The Morgan fingerprint density at radius 1 is 1.41 bits per heavy atom. The Hall–Kier alpha value is -0.200. The first-order valence-corrected chi connectivity index (χ1v) is 7.22. The van der Waals surface area contributed by atoms with Crippen LogP contribution < -0.4 is 0 Å². The number of alkyl halides is 1. The smallest absolute Gasteiger partial charge is 0.123 e. The molecule has 0 radical (unpaired) electrons. The molecule has 1 saturated heterocycles. The van der Waals surface area contributed by atoms with Crippen LogP contribution in [-0.4, -0.2) is 21.2 Å². The zero-order chi connectivity index (χ0) is 12.5. The highest BCUT2D eigenvalue weighted by molar-refractivity contribution is 14.1. The monoisotopic (exact) mass is 350 g/mol. The molecule has 17 heavy (non-hydrogen) atoms. The zero-order valence-electron chi connectivity index (χ0n) is 9.70. The van der Waals surface area contributed by atoms with Gasteiger partial charge in [-0.2, -0.15) is 0 Å². The summed E-state index contributed by atoms with van der Waals surface area (Å²) in [5, 5.41) is 10.2. The Balaban J connectivity index is 2.17. The maximum absolute atomic E-state index is 12.9. The van der Waals surface area contributed by atoms with Crippen molar-refractivity contribution in [1.82, 2.24) is 0 Å². The van der Waals surface area contributed by atoms with Crippen molar-refractivity contribution in [2.45, 2.75) is 37.6 Å². The molecule has 2 rings (SSSR count).